The molecule has 0 aliphatic heterocycles. The Hall–Kier alpha value is -1.04. The van der Waals surface area contributed by atoms with Crippen molar-refractivity contribution in [2.24, 2.45) is 11.8 Å². The first kappa shape index (κ1) is 15.8. The Morgan fingerprint density at radius 3 is 2.23 bits per heavy atom. The molecule has 4 bridgehead atoms. The number of hydrogen-bond acceptors (Lipinski definition) is 3. The zero-order chi connectivity index (χ0) is 16.2. The van der Waals surface area contributed by atoms with E-state index in [2.05, 4.69) is 6.58 Å². The fourth-order valence-electron chi connectivity index (χ4n) is 4.90. The van der Waals surface area contributed by atoms with Crippen LogP contribution < -0.4 is 0 Å². The molecule has 2 unspecified atom stereocenters. The van der Waals surface area contributed by atoms with Crippen molar-refractivity contribution in [3.8, 4) is 0 Å². The highest BCUT2D eigenvalue weighted by molar-refractivity contribution is 5.87. The number of carbonyl (C=O) groups excluding carboxylic acids is 1. The molecule has 0 saturated heterocycles. The number of carbonyl (C=O) groups is 1. The third-order valence-corrected chi connectivity index (χ3v) is 5.15. The van der Waals surface area contributed by atoms with Crippen molar-refractivity contribution in [1.29, 1.82) is 0 Å². The molecule has 22 heavy (non-hydrogen) atoms. The lowest BCUT2D eigenvalue weighted by atomic mass is 9.52. The van der Waals surface area contributed by atoms with Gasteiger partial charge >= 0.3 is 12.1 Å². The Bertz CT molecular complexity index is 483. The van der Waals surface area contributed by atoms with Crippen LogP contribution in [-0.2, 0) is 14.3 Å². The predicted molar refractivity (Wildman–Crippen MR) is 73.1 cm³/mol. The smallest absolute Gasteiger partial charge is 0.411 e. The van der Waals surface area contributed by atoms with Gasteiger partial charge in [-0.25, -0.2) is 4.79 Å². The number of halogens is 3. The number of alkyl halides is 3. The monoisotopic (exact) mass is 318 g/mol. The highest BCUT2D eigenvalue weighted by Gasteiger charge is 2.60. The summed E-state index contributed by atoms with van der Waals surface area (Å²) in [6.07, 6.45) is -0.187. The van der Waals surface area contributed by atoms with Crippen molar-refractivity contribution in [3.63, 3.8) is 0 Å². The Kier molecular flexibility index (Phi) is 3.59. The van der Waals surface area contributed by atoms with Crippen LogP contribution in [0.4, 0.5) is 13.2 Å². The lowest BCUT2D eigenvalue weighted by molar-refractivity contribution is -0.265. The standard InChI is InChI=1S/C16H21F3O3/c1-10(2)13(20)22-15-6-11-3-12(7-15)5-14(4-11,8-15)21-9-16(17,18)19/h11-12H,1,3-9H2,2H3. The first-order chi connectivity index (χ1) is 10.1. The first-order valence-corrected chi connectivity index (χ1v) is 7.70. The molecule has 4 saturated carbocycles. The van der Waals surface area contributed by atoms with E-state index in [1.54, 1.807) is 6.92 Å². The SMILES string of the molecule is C=C(C)C(=O)OC12CC3CC(CC(OCC(F)(F)F)(C3)C1)C2. The van der Waals surface area contributed by atoms with Gasteiger partial charge in [0.25, 0.3) is 0 Å². The zero-order valence-electron chi connectivity index (χ0n) is 12.7. The number of hydrogen-bond donors (Lipinski definition) is 0. The summed E-state index contributed by atoms with van der Waals surface area (Å²) in [6.45, 7) is 3.94. The van der Waals surface area contributed by atoms with E-state index < -0.39 is 30.0 Å². The Balaban J connectivity index is 1.77. The second-order valence-corrected chi connectivity index (χ2v) is 7.40. The van der Waals surface area contributed by atoms with Crippen LogP contribution >= 0.6 is 0 Å². The molecule has 4 rings (SSSR count). The zero-order valence-corrected chi connectivity index (χ0v) is 12.7. The van der Waals surface area contributed by atoms with Crippen LogP contribution in [0, 0.1) is 11.8 Å². The maximum absolute atomic E-state index is 12.5. The van der Waals surface area contributed by atoms with E-state index in [1.807, 2.05) is 0 Å². The predicted octanol–water partition coefficient (Wildman–Crippen LogP) is 3.78. The molecule has 4 fully saturated rings. The normalized spacial score (nSPS) is 39.8. The van der Waals surface area contributed by atoms with Gasteiger partial charge in [0.15, 0.2) is 0 Å². The Labute approximate surface area is 127 Å². The topological polar surface area (TPSA) is 35.5 Å². The van der Waals surface area contributed by atoms with Gasteiger partial charge in [0.2, 0.25) is 0 Å². The van der Waals surface area contributed by atoms with Crippen LogP contribution in [0.1, 0.15) is 45.4 Å². The molecule has 0 aromatic rings. The van der Waals surface area contributed by atoms with E-state index in [4.69, 9.17) is 9.47 Å². The molecule has 3 nitrogen and oxygen atoms in total. The molecule has 0 amide bonds. The molecule has 4 aliphatic carbocycles. The van der Waals surface area contributed by atoms with Gasteiger partial charge in [-0.15, -0.1) is 0 Å². The van der Waals surface area contributed by atoms with E-state index in [0.29, 0.717) is 24.8 Å². The van der Waals surface area contributed by atoms with Gasteiger partial charge in [0.1, 0.15) is 12.2 Å². The second-order valence-electron chi connectivity index (χ2n) is 7.40. The summed E-state index contributed by atoms with van der Waals surface area (Å²) in [5.74, 6) is 0.118. The first-order valence-electron chi connectivity index (χ1n) is 7.70. The Morgan fingerprint density at radius 2 is 1.73 bits per heavy atom. The van der Waals surface area contributed by atoms with Crippen molar-refractivity contribution < 1.29 is 27.4 Å². The fraction of sp³-hybridized carbons (Fsp3) is 0.812. The second kappa shape index (κ2) is 4.98. The number of rotatable bonds is 4. The average molecular weight is 318 g/mol. The van der Waals surface area contributed by atoms with E-state index in [-0.39, 0.29) is 11.8 Å². The van der Waals surface area contributed by atoms with Crippen LogP contribution in [-0.4, -0.2) is 30.0 Å². The van der Waals surface area contributed by atoms with E-state index in [1.165, 1.54) is 0 Å². The molecular formula is C16H21F3O3. The van der Waals surface area contributed by atoms with Gasteiger partial charge in [-0.05, 0) is 50.9 Å². The highest BCUT2D eigenvalue weighted by Crippen LogP contribution is 2.60. The van der Waals surface area contributed by atoms with Crippen LogP contribution in [0.2, 0.25) is 0 Å². The average Bonchev–Trinajstić information content (AvgIpc) is 2.33. The molecule has 124 valence electrons. The molecule has 6 heteroatoms. The molecule has 0 heterocycles. The largest absolute Gasteiger partial charge is 0.456 e. The minimum absolute atomic E-state index is 0.285. The van der Waals surface area contributed by atoms with E-state index in [9.17, 15) is 18.0 Å². The molecule has 0 spiro atoms. The van der Waals surface area contributed by atoms with Crippen LogP contribution in [0.15, 0.2) is 12.2 Å². The summed E-state index contributed by atoms with van der Waals surface area (Å²) in [4.78, 5) is 11.9. The Morgan fingerprint density at radius 1 is 1.18 bits per heavy atom. The fourth-order valence-corrected chi connectivity index (χ4v) is 4.90. The maximum atomic E-state index is 12.5. The minimum Gasteiger partial charge on any atom is -0.456 e. The molecule has 0 aromatic heterocycles. The van der Waals surface area contributed by atoms with Gasteiger partial charge in [-0.2, -0.15) is 13.2 Å². The molecule has 0 aromatic carbocycles. The number of ether oxygens (including phenoxy) is 2. The van der Waals surface area contributed by atoms with Crippen molar-refractivity contribution >= 4 is 5.97 Å². The summed E-state index contributed by atoms with van der Waals surface area (Å²) >= 11 is 0. The molecular weight excluding hydrogens is 297 g/mol. The van der Waals surface area contributed by atoms with Crippen LogP contribution in [0.3, 0.4) is 0 Å². The summed E-state index contributed by atoms with van der Waals surface area (Å²) < 4.78 is 48.6. The summed E-state index contributed by atoms with van der Waals surface area (Å²) in [5, 5.41) is 0. The third kappa shape index (κ3) is 3.03. The van der Waals surface area contributed by atoms with Crippen LogP contribution in [0.25, 0.3) is 0 Å². The minimum atomic E-state index is -4.33. The molecule has 2 atom stereocenters. The van der Waals surface area contributed by atoms with Gasteiger partial charge < -0.3 is 9.47 Å². The number of esters is 1. The lowest BCUT2D eigenvalue weighted by Gasteiger charge is -2.60. The molecule has 0 N–H and O–H groups in total. The van der Waals surface area contributed by atoms with E-state index >= 15 is 0 Å². The maximum Gasteiger partial charge on any atom is 0.411 e. The van der Waals surface area contributed by atoms with Gasteiger partial charge in [-0.1, -0.05) is 6.58 Å². The van der Waals surface area contributed by atoms with E-state index in [0.717, 1.165) is 19.3 Å². The van der Waals surface area contributed by atoms with Gasteiger partial charge in [0, 0.05) is 12.0 Å². The van der Waals surface area contributed by atoms with Gasteiger partial charge in [0.05, 0.1) is 5.60 Å². The summed E-state index contributed by atoms with van der Waals surface area (Å²) in [5.41, 5.74) is -1.12. The summed E-state index contributed by atoms with van der Waals surface area (Å²) in [6, 6.07) is 0. The van der Waals surface area contributed by atoms with Crippen molar-refractivity contribution in [2.45, 2.75) is 62.8 Å². The molecule has 4 aliphatic rings. The quantitative estimate of drug-likeness (QED) is 0.584. The third-order valence-electron chi connectivity index (χ3n) is 5.15. The van der Waals surface area contributed by atoms with Gasteiger partial charge in [-0.3, -0.25) is 0 Å². The highest BCUT2D eigenvalue weighted by atomic mass is 19.4. The van der Waals surface area contributed by atoms with Crippen molar-refractivity contribution in [3.05, 3.63) is 12.2 Å². The van der Waals surface area contributed by atoms with Crippen molar-refractivity contribution in [1.82, 2.24) is 0 Å². The molecule has 0 radical (unpaired) electrons. The van der Waals surface area contributed by atoms with Crippen molar-refractivity contribution in [2.75, 3.05) is 6.61 Å². The lowest BCUT2D eigenvalue weighted by Crippen LogP contribution is -2.61. The summed E-state index contributed by atoms with van der Waals surface area (Å²) in [7, 11) is 0. The van der Waals surface area contributed by atoms with Crippen LogP contribution in [0.5, 0.6) is 0 Å².